The predicted octanol–water partition coefficient (Wildman–Crippen LogP) is 3.41. The first-order chi connectivity index (χ1) is 11.1. The molecule has 1 heterocycles. The second kappa shape index (κ2) is 6.34. The van der Waals surface area contributed by atoms with E-state index in [1.54, 1.807) is 19.1 Å². The highest BCUT2D eigenvalue weighted by Crippen LogP contribution is 2.25. The van der Waals surface area contributed by atoms with Gasteiger partial charge in [-0.15, -0.1) is 0 Å². The van der Waals surface area contributed by atoms with Crippen LogP contribution in [-0.4, -0.2) is 18.6 Å². The van der Waals surface area contributed by atoms with Crippen molar-refractivity contribution in [3.63, 3.8) is 0 Å². The van der Waals surface area contributed by atoms with Crippen molar-refractivity contribution in [3.8, 4) is 11.4 Å². The van der Waals surface area contributed by atoms with E-state index in [0.29, 0.717) is 5.82 Å². The summed E-state index contributed by atoms with van der Waals surface area (Å²) in [6.45, 7) is 1.67. The minimum atomic E-state index is -3.43. The van der Waals surface area contributed by atoms with Crippen molar-refractivity contribution < 1.29 is 12.9 Å². The number of sulfone groups is 1. The maximum atomic E-state index is 12.5. The summed E-state index contributed by atoms with van der Waals surface area (Å²) >= 11 is 0. The molecule has 0 amide bonds. The highest BCUT2D eigenvalue weighted by Gasteiger charge is 2.25. The Morgan fingerprint density at radius 3 is 2.26 bits per heavy atom. The summed E-state index contributed by atoms with van der Waals surface area (Å²) in [4.78, 5) is 4.18. The van der Waals surface area contributed by atoms with Crippen LogP contribution in [0.1, 0.15) is 23.6 Å². The lowest BCUT2D eigenvalue weighted by Gasteiger charge is -2.11. The lowest BCUT2D eigenvalue weighted by atomic mass is 10.2. The maximum Gasteiger partial charge on any atom is 0.242 e. The molecule has 3 rings (SSSR count). The second-order valence-electron chi connectivity index (χ2n) is 5.24. The molecule has 0 saturated carbocycles. The van der Waals surface area contributed by atoms with Crippen LogP contribution in [0.5, 0.6) is 0 Å². The molecular weight excluding hydrogens is 312 g/mol. The van der Waals surface area contributed by atoms with E-state index in [0.717, 1.165) is 11.1 Å². The van der Waals surface area contributed by atoms with E-state index in [1.165, 1.54) is 0 Å². The van der Waals surface area contributed by atoms with Gasteiger partial charge in [0.05, 0.1) is 5.25 Å². The predicted molar refractivity (Wildman–Crippen MR) is 87.2 cm³/mol. The molecular formula is C17H16N2O3S. The van der Waals surface area contributed by atoms with Gasteiger partial charge in [-0.1, -0.05) is 65.8 Å². The molecule has 0 saturated heterocycles. The van der Waals surface area contributed by atoms with E-state index in [1.807, 2.05) is 48.5 Å². The van der Waals surface area contributed by atoms with Crippen LogP contribution in [0.4, 0.5) is 0 Å². The molecule has 0 fully saturated rings. The SMILES string of the molecule is CC(c1ccccc1)S(=O)(=O)Cc1nc(-c2ccccc2)no1. The minimum absolute atomic E-state index is 0.103. The van der Waals surface area contributed by atoms with E-state index < -0.39 is 15.1 Å². The van der Waals surface area contributed by atoms with Crippen LogP contribution in [-0.2, 0) is 15.6 Å². The van der Waals surface area contributed by atoms with Crippen molar-refractivity contribution >= 4 is 9.84 Å². The summed E-state index contributed by atoms with van der Waals surface area (Å²) in [6.07, 6.45) is 0. The molecule has 0 aliphatic heterocycles. The molecule has 1 unspecified atom stereocenters. The summed E-state index contributed by atoms with van der Waals surface area (Å²) in [5.74, 6) is 0.220. The van der Waals surface area contributed by atoms with Gasteiger partial charge in [-0.2, -0.15) is 4.98 Å². The summed E-state index contributed by atoms with van der Waals surface area (Å²) < 4.78 is 30.1. The fraction of sp³-hybridized carbons (Fsp3) is 0.176. The van der Waals surface area contributed by atoms with Crippen LogP contribution >= 0.6 is 0 Å². The van der Waals surface area contributed by atoms with Crippen LogP contribution in [0.25, 0.3) is 11.4 Å². The highest BCUT2D eigenvalue weighted by atomic mass is 32.2. The van der Waals surface area contributed by atoms with Crippen molar-refractivity contribution in [1.29, 1.82) is 0 Å². The van der Waals surface area contributed by atoms with Gasteiger partial charge < -0.3 is 4.52 Å². The molecule has 0 radical (unpaired) electrons. The third kappa shape index (κ3) is 3.48. The number of rotatable bonds is 5. The number of hydrogen-bond acceptors (Lipinski definition) is 5. The Morgan fingerprint density at radius 2 is 1.61 bits per heavy atom. The van der Waals surface area contributed by atoms with Gasteiger partial charge in [0.15, 0.2) is 9.84 Å². The van der Waals surface area contributed by atoms with Gasteiger partial charge in [-0.05, 0) is 12.5 Å². The average molecular weight is 328 g/mol. The molecule has 6 heteroatoms. The largest absolute Gasteiger partial charge is 0.338 e. The zero-order chi connectivity index (χ0) is 16.3. The van der Waals surface area contributed by atoms with Crippen molar-refractivity contribution in [3.05, 3.63) is 72.1 Å². The fourth-order valence-corrected chi connectivity index (χ4v) is 3.53. The van der Waals surface area contributed by atoms with Crippen molar-refractivity contribution in [1.82, 2.24) is 10.1 Å². The molecule has 1 atom stereocenters. The van der Waals surface area contributed by atoms with Crippen LogP contribution < -0.4 is 0 Å². The van der Waals surface area contributed by atoms with Gasteiger partial charge in [0.1, 0.15) is 5.75 Å². The number of aromatic nitrogens is 2. The van der Waals surface area contributed by atoms with Crippen LogP contribution in [0.15, 0.2) is 65.2 Å². The summed E-state index contributed by atoms with van der Waals surface area (Å²) in [6, 6.07) is 18.4. The van der Waals surface area contributed by atoms with Gasteiger partial charge in [0.2, 0.25) is 11.7 Å². The molecule has 0 bridgehead atoms. The van der Waals surface area contributed by atoms with Crippen LogP contribution in [0.2, 0.25) is 0 Å². The normalized spacial score (nSPS) is 12.9. The van der Waals surface area contributed by atoms with Crippen molar-refractivity contribution in [2.45, 2.75) is 17.9 Å². The first-order valence-electron chi connectivity index (χ1n) is 7.21. The molecule has 5 nitrogen and oxygen atoms in total. The zero-order valence-electron chi connectivity index (χ0n) is 12.6. The topological polar surface area (TPSA) is 73.1 Å². The fourth-order valence-electron chi connectivity index (χ4n) is 2.25. The smallest absolute Gasteiger partial charge is 0.242 e. The lowest BCUT2D eigenvalue weighted by molar-refractivity contribution is 0.389. The van der Waals surface area contributed by atoms with Gasteiger partial charge in [-0.25, -0.2) is 8.42 Å². The van der Waals surface area contributed by atoms with E-state index in [-0.39, 0.29) is 11.6 Å². The summed E-state index contributed by atoms with van der Waals surface area (Å²) in [7, 11) is -3.43. The summed E-state index contributed by atoms with van der Waals surface area (Å²) in [5.41, 5.74) is 1.53. The van der Waals surface area contributed by atoms with E-state index >= 15 is 0 Å². The molecule has 0 N–H and O–H groups in total. The van der Waals surface area contributed by atoms with Gasteiger partial charge in [0, 0.05) is 5.56 Å². The Hall–Kier alpha value is -2.47. The lowest BCUT2D eigenvalue weighted by Crippen LogP contribution is -2.13. The first kappa shape index (κ1) is 15.4. The van der Waals surface area contributed by atoms with E-state index in [9.17, 15) is 8.42 Å². The minimum Gasteiger partial charge on any atom is -0.338 e. The molecule has 0 aliphatic rings. The third-order valence-electron chi connectivity index (χ3n) is 3.63. The van der Waals surface area contributed by atoms with Gasteiger partial charge in [0.25, 0.3) is 0 Å². The van der Waals surface area contributed by atoms with E-state index in [2.05, 4.69) is 10.1 Å². The number of nitrogens with zero attached hydrogens (tertiary/aromatic N) is 2. The Kier molecular flexibility index (Phi) is 4.25. The van der Waals surface area contributed by atoms with Gasteiger partial charge >= 0.3 is 0 Å². The number of benzene rings is 2. The molecule has 1 aromatic heterocycles. The van der Waals surface area contributed by atoms with Crippen LogP contribution in [0, 0.1) is 0 Å². The second-order valence-corrected chi connectivity index (χ2v) is 7.56. The van der Waals surface area contributed by atoms with Crippen molar-refractivity contribution in [2.75, 3.05) is 0 Å². The molecule has 23 heavy (non-hydrogen) atoms. The molecule has 3 aromatic rings. The van der Waals surface area contributed by atoms with Crippen molar-refractivity contribution in [2.24, 2.45) is 0 Å². The Morgan fingerprint density at radius 1 is 1.00 bits per heavy atom. The first-order valence-corrected chi connectivity index (χ1v) is 8.92. The standard InChI is InChI=1S/C17H16N2O3S/c1-13(14-8-4-2-5-9-14)23(20,21)12-16-18-17(19-22-16)15-10-6-3-7-11-15/h2-11,13H,12H2,1H3. The zero-order valence-corrected chi connectivity index (χ0v) is 13.4. The Bertz CT molecular complexity index is 874. The third-order valence-corrected chi connectivity index (χ3v) is 5.63. The summed E-state index contributed by atoms with van der Waals surface area (Å²) in [5, 5.41) is 3.22. The highest BCUT2D eigenvalue weighted by molar-refractivity contribution is 7.90. The van der Waals surface area contributed by atoms with Gasteiger partial charge in [-0.3, -0.25) is 0 Å². The number of hydrogen-bond donors (Lipinski definition) is 0. The maximum absolute atomic E-state index is 12.5. The molecule has 2 aromatic carbocycles. The molecule has 118 valence electrons. The quantitative estimate of drug-likeness (QED) is 0.717. The Labute approximate surface area is 134 Å². The average Bonchev–Trinajstić information content (AvgIpc) is 3.03. The monoisotopic (exact) mass is 328 g/mol. The Balaban J connectivity index is 1.80. The van der Waals surface area contributed by atoms with Crippen LogP contribution in [0.3, 0.4) is 0 Å². The van der Waals surface area contributed by atoms with E-state index in [4.69, 9.17) is 4.52 Å². The molecule has 0 aliphatic carbocycles. The molecule has 0 spiro atoms.